The first kappa shape index (κ1) is 12.5. The van der Waals surface area contributed by atoms with Crippen molar-refractivity contribution >= 4 is 11.6 Å². The molecule has 0 amide bonds. The summed E-state index contributed by atoms with van der Waals surface area (Å²) in [7, 11) is 0. The fraction of sp³-hybridized carbons (Fsp3) is 0.267. The van der Waals surface area contributed by atoms with Gasteiger partial charge in [0.2, 0.25) is 0 Å². The third-order valence-corrected chi connectivity index (χ3v) is 3.54. The molecule has 2 aromatic rings. The first-order chi connectivity index (χ1) is 9.31. The number of ether oxygens (including phenoxy) is 1. The first-order valence-electron chi connectivity index (χ1n) is 6.35. The van der Waals surface area contributed by atoms with Crippen LogP contribution < -0.4 is 10.1 Å². The number of hydrogen-bond acceptors (Lipinski definition) is 3. The van der Waals surface area contributed by atoms with Gasteiger partial charge in [-0.2, -0.15) is 0 Å². The van der Waals surface area contributed by atoms with E-state index >= 15 is 0 Å². The quantitative estimate of drug-likeness (QED) is 0.914. The van der Waals surface area contributed by atoms with Gasteiger partial charge in [-0.3, -0.25) is 4.98 Å². The van der Waals surface area contributed by atoms with Gasteiger partial charge in [0, 0.05) is 29.4 Å². The lowest BCUT2D eigenvalue weighted by Gasteiger charge is -2.15. The molecule has 0 aliphatic carbocycles. The highest BCUT2D eigenvalue weighted by Gasteiger charge is 2.16. The number of benzene rings is 1. The predicted molar refractivity (Wildman–Crippen MR) is 75.5 cm³/mol. The van der Waals surface area contributed by atoms with Crippen LogP contribution in [0.25, 0.3) is 0 Å². The molecule has 0 bridgehead atoms. The minimum Gasteiger partial charge on any atom is -0.490 e. The molecule has 3 nitrogen and oxygen atoms in total. The molecule has 1 N–H and O–H groups in total. The molecular formula is C15H15ClN2O. The molecule has 0 fully saturated rings. The van der Waals surface area contributed by atoms with Crippen molar-refractivity contribution in [2.45, 2.75) is 19.0 Å². The molecule has 0 saturated heterocycles. The second-order valence-corrected chi connectivity index (χ2v) is 5.14. The van der Waals surface area contributed by atoms with Crippen molar-refractivity contribution in [3.8, 4) is 5.75 Å². The van der Waals surface area contributed by atoms with Crippen molar-refractivity contribution in [2.24, 2.45) is 0 Å². The topological polar surface area (TPSA) is 34.1 Å². The number of nitrogens with zero attached hydrogens (tertiary/aromatic N) is 1. The van der Waals surface area contributed by atoms with Crippen LogP contribution >= 0.6 is 11.6 Å². The fourth-order valence-electron chi connectivity index (χ4n) is 2.22. The highest BCUT2D eigenvalue weighted by atomic mass is 35.5. The Labute approximate surface area is 117 Å². The third-order valence-electron chi connectivity index (χ3n) is 3.29. The number of nitrogens with one attached hydrogen (secondary N) is 1. The molecular weight excluding hydrogens is 260 g/mol. The Bertz CT molecular complexity index is 529. The Morgan fingerprint density at radius 1 is 1.26 bits per heavy atom. The van der Waals surface area contributed by atoms with Crippen LogP contribution in [0.3, 0.4) is 0 Å². The summed E-state index contributed by atoms with van der Waals surface area (Å²) in [5.41, 5.74) is 2.42. The molecule has 0 unspecified atom stereocenters. The van der Waals surface area contributed by atoms with E-state index in [0.29, 0.717) is 12.6 Å². The Kier molecular flexibility index (Phi) is 3.67. The Morgan fingerprint density at radius 2 is 2.11 bits per heavy atom. The summed E-state index contributed by atoms with van der Waals surface area (Å²) in [5.74, 6) is 0.883. The summed E-state index contributed by atoms with van der Waals surface area (Å²) < 4.78 is 5.81. The third kappa shape index (κ3) is 3.06. The van der Waals surface area contributed by atoms with Crippen LogP contribution in [0.15, 0.2) is 42.7 Å². The van der Waals surface area contributed by atoms with Gasteiger partial charge < -0.3 is 10.1 Å². The zero-order chi connectivity index (χ0) is 13.1. The smallest absolute Gasteiger partial charge is 0.142 e. The molecule has 0 radical (unpaired) electrons. The van der Waals surface area contributed by atoms with E-state index < -0.39 is 0 Å². The number of pyridine rings is 1. The van der Waals surface area contributed by atoms with E-state index in [0.717, 1.165) is 29.3 Å². The number of aromatic nitrogens is 1. The second kappa shape index (κ2) is 5.59. The summed E-state index contributed by atoms with van der Waals surface area (Å²) in [4.78, 5) is 4.09. The van der Waals surface area contributed by atoms with Gasteiger partial charge in [-0.05, 0) is 30.2 Å². The molecule has 19 heavy (non-hydrogen) atoms. The molecule has 1 aromatic heterocycles. The zero-order valence-corrected chi connectivity index (χ0v) is 11.2. The van der Waals surface area contributed by atoms with E-state index in [1.807, 2.05) is 18.2 Å². The lowest BCUT2D eigenvalue weighted by molar-refractivity contribution is 0.276. The maximum Gasteiger partial charge on any atom is 0.142 e. The minimum absolute atomic E-state index is 0.300. The molecule has 0 saturated carbocycles. The van der Waals surface area contributed by atoms with Crippen LogP contribution in [0.4, 0.5) is 0 Å². The van der Waals surface area contributed by atoms with Crippen LogP contribution in [0.2, 0.25) is 5.02 Å². The molecule has 98 valence electrons. The standard InChI is InChI=1S/C15H15ClN2O/c16-13-3-1-11(2-4-13)7-14-10-19-15-9-17-6-5-12(15)8-18-14/h1-6,9,14,18H,7-8,10H2/t14-/m0/s1. The van der Waals surface area contributed by atoms with Crippen LogP contribution in [0.5, 0.6) is 5.75 Å². The lowest BCUT2D eigenvalue weighted by atomic mass is 10.1. The van der Waals surface area contributed by atoms with Crippen LogP contribution in [0, 0.1) is 0 Å². The minimum atomic E-state index is 0.300. The highest BCUT2D eigenvalue weighted by molar-refractivity contribution is 6.30. The summed E-state index contributed by atoms with van der Waals surface area (Å²) in [6.07, 6.45) is 4.50. The van der Waals surface area contributed by atoms with Crippen molar-refractivity contribution in [3.05, 3.63) is 58.9 Å². The summed E-state index contributed by atoms with van der Waals surface area (Å²) in [6.45, 7) is 1.47. The Hall–Kier alpha value is -1.58. The van der Waals surface area contributed by atoms with Gasteiger partial charge in [0.15, 0.2) is 0 Å². The van der Waals surface area contributed by atoms with Crippen molar-refractivity contribution in [1.29, 1.82) is 0 Å². The molecule has 0 spiro atoms. The maximum atomic E-state index is 5.89. The maximum absolute atomic E-state index is 5.89. The van der Waals surface area contributed by atoms with Crippen molar-refractivity contribution in [1.82, 2.24) is 10.3 Å². The zero-order valence-electron chi connectivity index (χ0n) is 10.5. The largest absolute Gasteiger partial charge is 0.490 e. The molecule has 1 aliphatic rings. The van der Waals surface area contributed by atoms with Gasteiger partial charge >= 0.3 is 0 Å². The SMILES string of the molecule is Clc1ccc(C[C@H]2COc3cnccc3CN2)cc1. The average molecular weight is 275 g/mol. The summed E-state index contributed by atoms with van der Waals surface area (Å²) in [5, 5.41) is 4.29. The summed E-state index contributed by atoms with van der Waals surface area (Å²) in [6, 6.07) is 10.3. The normalized spacial score (nSPS) is 18.3. The Morgan fingerprint density at radius 3 is 2.95 bits per heavy atom. The van der Waals surface area contributed by atoms with E-state index in [9.17, 15) is 0 Å². The first-order valence-corrected chi connectivity index (χ1v) is 6.72. The van der Waals surface area contributed by atoms with Crippen LogP contribution in [-0.2, 0) is 13.0 Å². The van der Waals surface area contributed by atoms with E-state index in [2.05, 4.69) is 22.4 Å². The number of halogens is 1. The predicted octanol–water partition coefficient (Wildman–Crippen LogP) is 2.83. The monoisotopic (exact) mass is 274 g/mol. The van der Waals surface area contributed by atoms with Crippen LogP contribution in [0.1, 0.15) is 11.1 Å². The molecule has 4 heteroatoms. The van der Waals surface area contributed by atoms with Crippen molar-refractivity contribution in [3.63, 3.8) is 0 Å². The van der Waals surface area contributed by atoms with E-state index in [1.54, 1.807) is 12.4 Å². The van der Waals surface area contributed by atoms with Gasteiger partial charge in [0.25, 0.3) is 0 Å². The van der Waals surface area contributed by atoms with Crippen molar-refractivity contribution in [2.75, 3.05) is 6.61 Å². The average Bonchev–Trinajstić information content (AvgIpc) is 2.64. The summed E-state index contributed by atoms with van der Waals surface area (Å²) >= 11 is 5.89. The van der Waals surface area contributed by atoms with Crippen molar-refractivity contribution < 1.29 is 4.74 Å². The van der Waals surface area contributed by atoms with Crippen LogP contribution in [-0.4, -0.2) is 17.6 Å². The van der Waals surface area contributed by atoms with Gasteiger partial charge in [-0.15, -0.1) is 0 Å². The van der Waals surface area contributed by atoms with Gasteiger partial charge in [-0.1, -0.05) is 23.7 Å². The number of fused-ring (bicyclic) bond motifs is 1. The van der Waals surface area contributed by atoms with Gasteiger partial charge in [-0.25, -0.2) is 0 Å². The highest BCUT2D eigenvalue weighted by Crippen LogP contribution is 2.20. The Balaban J connectivity index is 1.67. The fourth-order valence-corrected chi connectivity index (χ4v) is 2.35. The van der Waals surface area contributed by atoms with E-state index in [1.165, 1.54) is 5.56 Å². The number of rotatable bonds is 2. The van der Waals surface area contributed by atoms with Gasteiger partial charge in [0.05, 0.1) is 6.20 Å². The van der Waals surface area contributed by atoms with Gasteiger partial charge in [0.1, 0.15) is 12.4 Å². The number of hydrogen-bond donors (Lipinski definition) is 1. The molecule has 2 heterocycles. The van der Waals surface area contributed by atoms with E-state index in [-0.39, 0.29) is 0 Å². The molecule has 1 atom stereocenters. The molecule has 1 aliphatic heterocycles. The molecule has 3 rings (SSSR count). The lowest BCUT2D eigenvalue weighted by Crippen LogP contribution is -2.34. The van der Waals surface area contributed by atoms with E-state index in [4.69, 9.17) is 16.3 Å². The second-order valence-electron chi connectivity index (χ2n) is 4.70. The molecule has 1 aromatic carbocycles.